The smallest absolute Gasteiger partial charge is 0.348 e. The molecular weight excluding hydrogens is 298 g/mol. The van der Waals surface area contributed by atoms with Gasteiger partial charge in [-0.2, -0.15) is 0 Å². The maximum atomic E-state index is 11.2. The molecule has 0 bridgehead atoms. The van der Waals surface area contributed by atoms with Gasteiger partial charge in [0.25, 0.3) is 5.69 Å². The van der Waals surface area contributed by atoms with Crippen molar-refractivity contribution in [3.8, 4) is 11.3 Å². The highest BCUT2D eigenvalue weighted by Crippen LogP contribution is 2.32. The molecule has 1 aromatic carbocycles. The Balaban J connectivity index is 2.46. The second-order valence-electron chi connectivity index (χ2n) is 3.99. The summed E-state index contributed by atoms with van der Waals surface area (Å²) in [5.74, 6) is -1.55. The van der Waals surface area contributed by atoms with Crippen LogP contribution in [0.25, 0.3) is 11.3 Å². The largest absolute Gasteiger partial charge is 0.477 e. The number of amides is 1. The van der Waals surface area contributed by atoms with Crippen LogP contribution < -0.4 is 5.32 Å². The molecule has 2 N–H and O–H groups in total. The second-order valence-corrected chi connectivity index (χ2v) is 4.99. The minimum atomic E-state index is -1.18. The lowest BCUT2D eigenvalue weighted by Gasteiger charge is -1.98. The van der Waals surface area contributed by atoms with Crippen LogP contribution in [0, 0.1) is 10.1 Å². The van der Waals surface area contributed by atoms with Crippen molar-refractivity contribution in [3.63, 3.8) is 0 Å². The van der Waals surface area contributed by atoms with Crippen molar-refractivity contribution in [1.82, 2.24) is 4.98 Å². The number of thiazole rings is 1. The van der Waals surface area contributed by atoms with E-state index in [-0.39, 0.29) is 27.3 Å². The second kappa shape index (κ2) is 5.67. The first-order valence-electron chi connectivity index (χ1n) is 5.65. The third-order valence-corrected chi connectivity index (χ3v) is 3.41. The zero-order chi connectivity index (χ0) is 15.6. The zero-order valence-electron chi connectivity index (χ0n) is 10.7. The van der Waals surface area contributed by atoms with Gasteiger partial charge >= 0.3 is 5.97 Å². The Morgan fingerprint density at radius 2 is 1.95 bits per heavy atom. The third kappa shape index (κ3) is 3.20. The molecule has 0 unspecified atom stereocenters. The van der Waals surface area contributed by atoms with Gasteiger partial charge in [-0.15, -0.1) is 0 Å². The number of aromatic carboxylic acids is 1. The normalized spacial score (nSPS) is 10.1. The standard InChI is InChI=1S/C12H9N3O5S/c1-6(16)13-12-14-9(10(21-12)11(17)18)7-2-4-8(5-3-7)15(19)20/h2-5H,1H3,(H,17,18)(H,13,14,16). The molecule has 0 saturated carbocycles. The minimum absolute atomic E-state index is 0.0485. The van der Waals surface area contributed by atoms with E-state index < -0.39 is 10.9 Å². The van der Waals surface area contributed by atoms with Crippen molar-refractivity contribution in [3.05, 3.63) is 39.3 Å². The monoisotopic (exact) mass is 307 g/mol. The number of nitrogens with zero attached hydrogens (tertiary/aromatic N) is 2. The quantitative estimate of drug-likeness (QED) is 0.660. The number of nitro groups is 1. The van der Waals surface area contributed by atoms with Crippen LogP contribution in [-0.4, -0.2) is 26.9 Å². The molecule has 0 saturated heterocycles. The van der Waals surface area contributed by atoms with E-state index in [1.54, 1.807) is 0 Å². The first-order valence-corrected chi connectivity index (χ1v) is 6.46. The molecule has 0 fully saturated rings. The van der Waals surface area contributed by atoms with Crippen molar-refractivity contribution in [1.29, 1.82) is 0 Å². The van der Waals surface area contributed by atoms with Gasteiger partial charge in [-0.3, -0.25) is 14.9 Å². The van der Waals surface area contributed by atoms with Crippen LogP contribution in [0.15, 0.2) is 24.3 Å². The van der Waals surface area contributed by atoms with Gasteiger partial charge in [0.15, 0.2) is 5.13 Å². The van der Waals surface area contributed by atoms with Crippen LogP contribution in [0.2, 0.25) is 0 Å². The van der Waals surface area contributed by atoms with Gasteiger partial charge in [0.1, 0.15) is 4.88 Å². The van der Waals surface area contributed by atoms with Crippen LogP contribution in [0.1, 0.15) is 16.6 Å². The SMILES string of the molecule is CC(=O)Nc1nc(-c2ccc([N+](=O)[O-])cc2)c(C(=O)O)s1. The lowest BCUT2D eigenvalue weighted by Crippen LogP contribution is -2.04. The zero-order valence-corrected chi connectivity index (χ0v) is 11.5. The lowest BCUT2D eigenvalue weighted by molar-refractivity contribution is -0.384. The van der Waals surface area contributed by atoms with Crippen molar-refractivity contribution < 1.29 is 19.6 Å². The Hall–Kier alpha value is -2.81. The number of hydrogen-bond donors (Lipinski definition) is 2. The highest BCUT2D eigenvalue weighted by atomic mass is 32.1. The summed E-state index contributed by atoms with van der Waals surface area (Å²) in [7, 11) is 0. The van der Waals surface area contributed by atoms with Gasteiger partial charge < -0.3 is 10.4 Å². The van der Waals surface area contributed by atoms with Crippen molar-refractivity contribution in [2.24, 2.45) is 0 Å². The van der Waals surface area contributed by atoms with Crippen LogP contribution in [0.3, 0.4) is 0 Å². The van der Waals surface area contributed by atoms with E-state index >= 15 is 0 Å². The average Bonchev–Trinajstić information content (AvgIpc) is 2.82. The highest BCUT2D eigenvalue weighted by molar-refractivity contribution is 7.18. The van der Waals surface area contributed by atoms with E-state index in [4.69, 9.17) is 5.11 Å². The predicted molar refractivity (Wildman–Crippen MR) is 75.5 cm³/mol. The molecule has 1 amide bonds. The van der Waals surface area contributed by atoms with Crippen LogP contribution in [-0.2, 0) is 4.79 Å². The fraction of sp³-hybridized carbons (Fsp3) is 0.0833. The number of aromatic nitrogens is 1. The fourth-order valence-electron chi connectivity index (χ4n) is 1.61. The Labute approximate surface area is 122 Å². The molecule has 0 aliphatic heterocycles. The number of carbonyl (C=O) groups is 2. The van der Waals surface area contributed by atoms with Crippen LogP contribution in [0.4, 0.5) is 10.8 Å². The first kappa shape index (κ1) is 14.6. The summed E-state index contributed by atoms with van der Waals surface area (Å²) in [5.41, 5.74) is 0.477. The Morgan fingerprint density at radius 1 is 1.33 bits per heavy atom. The molecule has 108 valence electrons. The van der Waals surface area contributed by atoms with Crippen molar-refractivity contribution >= 4 is 34.0 Å². The van der Waals surface area contributed by atoms with Crippen LogP contribution in [0.5, 0.6) is 0 Å². The predicted octanol–water partition coefficient (Wildman–Crippen LogP) is 2.37. The van der Waals surface area contributed by atoms with E-state index in [2.05, 4.69) is 10.3 Å². The molecule has 21 heavy (non-hydrogen) atoms. The Morgan fingerprint density at radius 3 is 2.43 bits per heavy atom. The molecule has 0 radical (unpaired) electrons. The number of nitro benzene ring substituents is 1. The molecular formula is C12H9N3O5S. The first-order chi connectivity index (χ1) is 9.88. The van der Waals surface area contributed by atoms with Gasteiger partial charge in [-0.1, -0.05) is 11.3 Å². The molecule has 0 atom stereocenters. The summed E-state index contributed by atoms with van der Waals surface area (Å²) >= 11 is 0.825. The van der Waals surface area contributed by atoms with Gasteiger partial charge in [0, 0.05) is 24.6 Å². The summed E-state index contributed by atoms with van der Waals surface area (Å²) in [6, 6.07) is 5.35. The molecule has 1 heterocycles. The topological polar surface area (TPSA) is 122 Å². The third-order valence-electron chi connectivity index (χ3n) is 2.46. The highest BCUT2D eigenvalue weighted by Gasteiger charge is 2.20. The summed E-state index contributed by atoms with van der Waals surface area (Å²) in [6.07, 6.45) is 0. The molecule has 0 aliphatic carbocycles. The molecule has 0 aliphatic rings. The number of nitrogens with one attached hydrogen (secondary N) is 1. The molecule has 0 spiro atoms. The summed E-state index contributed by atoms with van der Waals surface area (Å²) < 4.78 is 0. The lowest BCUT2D eigenvalue weighted by atomic mass is 10.1. The van der Waals surface area contributed by atoms with Gasteiger partial charge in [0.2, 0.25) is 5.91 Å². The molecule has 2 aromatic rings. The van der Waals surface area contributed by atoms with Gasteiger partial charge in [0.05, 0.1) is 10.6 Å². The minimum Gasteiger partial charge on any atom is -0.477 e. The number of anilines is 1. The number of rotatable bonds is 4. The summed E-state index contributed by atoms with van der Waals surface area (Å²) in [4.78, 5) is 36.3. The number of benzene rings is 1. The number of carbonyl (C=O) groups excluding carboxylic acids is 1. The van der Waals surface area contributed by atoms with E-state index in [1.807, 2.05) is 0 Å². The molecule has 2 rings (SSSR count). The van der Waals surface area contributed by atoms with Gasteiger partial charge in [-0.25, -0.2) is 9.78 Å². The number of non-ortho nitro benzene ring substituents is 1. The van der Waals surface area contributed by atoms with E-state index in [0.717, 1.165) is 11.3 Å². The van der Waals surface area contributed by atoms with E-state index in [9.17, 15) is 19.7 Å². The van der Waals surface area contributed by atoms with Gasteiger partial charge in [-0.05, 0) is 12.1 Å². The summed E-state index contributed by atoms with van der Waals surface area (Å²) in [6.45, 7) is 1.29. The molecule has 1 aromatic heterocycles. The maximum Gasteiger partial charge on any atom is 0.348 e. The average molecular weight is 307 g/mol. The van der Waals surface area contributed by atoms with Crippen molar-refractivity contribution in [2.45, 2.75) is 6.92 Å². The fourth-order valence-corrected chi connectivity index (χ4v) is 2.48. The maximum absolute atomic E-state index is 11.2. The number of hydrogen-bond acceptors (Lipinski definition) is 6. The molecule has 8 nitrogen and oxygen atoms in total. The number of carboxylic acids is 1. The van der Waals surface area contributed by atoms with E-state index in [1.165, 1.54) is 31.2 Å². The van der Waals surface area contributed by atoms with Crippen molar-refractivity contribution in [2.75, 3.05) is 5.32 Å². The Kier molecular flexibility index (Phi) is 3.94. The van der Waals surface area contributed by atoms with Crippen LogP contribution >= 0.6 is 11.3 Å². The molecule has 9 heteroatoms. The Bertz CT molecular complexity index is 723. The number of carboxylic acid groups (broad SMARTS) is 1. The summed E-state index contributed by atoms with van der Waals surface area (Å²) in [5, 5.41) is 22.3. The van der Waals surface area contributed by atoms with E-state index in [0.29, 0.717) is 5.56 Å².